The molecule has 0 radical (unpaired) electrons. The van der Waals surface area contributed by atoms with Gasteiger partial charge in [0.2, 0.25) is 0 Å². The summed E-state index contributed by atoms with van der Waals surface area (Å²) in [5, 5.41) is 12.8. The van der Waals surface area contributed by atoms with Gasteiger partial charge in [0.25, 0.3) is 0 Å². The number of hydrogen-bond donors (Lipinski definition) is 1. The first-order valence-electron chi connectivity index (χ1n) is 9.36. The summed E-state index contributed by atoms with van der Waals surface area (Å²) >= 11 is 0. The molecule has 4 heteroatoms. The lowest BCUT2D eigenvalue weighted by Gasteiger charge is -2.33. The van der Waals surface area contributed by atoms with Gasteiger partial charge in [0, 0.05) is 40.3 Å². The zero-order valence-electron chi connectivity index (χ0n) is 16.6. The van der Waals surface area contributed by atoms with E-state index in [1.54, 1.807) is 6.92 Å². The van der Waals surface area contributed by atoms with Gasteiger partial charge in [-0.05, 0) is 62.9 Å². The molecular formula is C23H25N3O. The van der Waals surface area contributed by atoms with Crippen molar-refractivity contribution in [3.63, 3.8) is 0 Å². The summed E-state index contributed by atoms with van der Waals surface area (Å²) in [7, 11) is 0. The third kappa shape index (κ3) is 3.26. The average molecular weight is 359 g/mol. The lowest BCUT2D eigenvalue weighted by atomic mass is 9.76. The number of carbonyl (C=O) groups is 1. The Balaban J connectivity index is 2.35. The van der Waals surface area contributed by atoms with Crippen molar-refractivity contribution in [2.75, 3.05) is 5.32 Å². The summed E-state index contributed by atoms with van der Waals surface area (Å²) in [4.78, 5) is 17.2. The highest BCUT2D eigenvalue weighted by Gasteiger charge is 2.34. The Kier molecular flexibility index (Phi) is 5.14. The maximum absolute atomic E-state index is 12.6. The second-order valence-corrected chi connectivity index (χ2v) is 7.24. The van der Waals surface area contributed by atoms with E-state index in [-0.39, 0.29) is 11.7 Å². The van der Waals surface area contributed by atoms with Gasteiger partial charge in [-0.2, -0.15) is 5.26 Å². The van der Waals surface area contributed by atoms with E-state index < -0.39 is 0 Å². The minimum atomic E-state index is -0.166. The van der Waals surface area contributed by atoms with Crippen molar-refractivity contribution in [3.05, 3.63) is 69.2 Å². The molecule has 1 aromatic heterocycles. The lowest BCUT2D eigenvalue weighted by Crippen LogP contribution is -2.24. The first kappa shape index (κ1) is 18.8. The average Bonchev–Trinajstić information content (AvgIpc) is 2.64. The molecule has 2 heterocycles. The zero-order valence-corrected chi connectivity index (χ0v) is 16.6. The van der Waals surface area contributed by atoms with Crippen LogP contribution < -0.4 is 5.32 Å². The Morgan fingerprint density at radius 3 is 2.67 bits per heavy atom. The Morgan fingerprint density at radius 1 is 1.30 bits per heavy atom. The molecule has 0 amide bonds. The van der Waals surface area contributed by atoms with Crippen LogP contribution in [0.1, 0.15) is 66.6 Å². The number of ketones is 1. The molecule has 4 nitrogen and oxygen atoms in total. The molecule has 138 valence electrons. The van der Waals surface area contributed by atoms with Gasteiger partial charge in [0.05, 0.1) is 11.6 Å². The Hall–Kier alpha value is -2.93. The minimum absolute atomic E-state index is 0.0587. The molecule has 0 spiro atoms. The monoisotopic (exact) mass is 359 g/mol. The normalized spacial score (nSPS) is 15.8. The van der Waals surface area contributed by atoms with Crippen LogP contribution in [0, 0.1) is 25.2 Å². The van der Waals surface area contributed by atoms with Gasteiger partial charge in [0.1, 0.15) is 0 Å². The van der Waals surface area contributed by atoms with Gasteiger partial charge in [-0.1, -0.05) is 19.4 Å². The van der Waals surface area contributed by atoms with E-state index in [0.717, 1.165) is 57.7 Å². The van der Waals surface area contributed by atoms with Gasteiger partial charge in [0.15, 0.2) is 5.78 Å². The molecule has 1 aliphatic rings. The van der Waals surface area contributed by atoms with Crippen LogP contribution in [-0.4, -0.2) is 10.8 Å². The first-order valence-corrected chi connectivity index (χ1v) is 9.36. The van der Waals surface area contributed by atoms with Gasteiger partial charge in [-0.25, -0.2) is 0 Å². The number of pyridine rings is 1. The molecule has 0 fully saturated rings. The van der Waals surface area contributed by atoms with Crippen molar-refractivity contribution in [2.45, 2.75) is 53.4 Å². The highest BCUT2D eigenvalue weighted by Crippen LogP contribution is 2.45. The number of benzene rings is 1. The lowest BCUT2D eigenvalue weighted by molar-refractivity contribution is -0.113. The first-order chi connectivity index (χ1) is 12.9. The number of nitrogens with zero attached hydrogens (tertiary/aromatic N) is 2. The molecular weight excluding hydrogens is 334 g/mol. The molecule has 0 aliphatic carbocycles. The second-order valence-electron chi connectivity index (χ2n) is 7.24. The van der Waals surface area contributed by atoms with E-state index in [4.69, 9.17) is 0 Å². The Bertz CT molecular complexity index is 995. The number of rotatable bonds is 4. The van der Waals surface area contributed by atoms with Crippen LogP contribution >= 0.6 is 0 Å². The summed E-state index contributed by atoms with van der Waals surface area (Å²) in [6.07, 6.45) is 3.71. The van der Waals surface area contributed by atoms with E-state index in [1.165, 1.54) is 0 Å². The van der Waals surface area contributed by atoms with Crippen LogP contribution in [0.15, 0.2) is 35.7 Å². The molecule has 0 saturated carbocycles. The predicted molar refractivity (Wildman–Crippen MR) is 108 cm³/mol. The van der Waals surface area contributed by atoms with Crippen molar-refractivity contribution in [1.82, 2.24) is 4.98 Å². The minimum Gasteiger partial charge on any atom is -0.358 e. The van der Waals surface area contributed by atoms with E-state index in [2.05, 4.69) is 23.3 Å². The SMILES string of the molecule is CCCc1cc(C#N)ccc1C1C(C(C)=O)=C(C)Nc2c(C)cnc(C)c21. The van der Waals surface area contributed by atoms with Gasteiger partial charge in [-0.15, -0.1) is 0 Å². The fourth-order valence-corrected chi connectivity index (χ4v) is 4.08. The van der Waals surface area contributed by atoms with Crippen LogP contribution in [0.5, 0.6) is 0 Å². The smallest absolute Gasteiger partial charge is 0.158 e. The van der Waals surface area contributed by atoms with E-state index in [9.17, 15) is 10.1 Å². The third-order valence-electron chi connectivity index (χ3n) is 5.28. The van der Waals surface area contributed by atoms with E-state index in [1.807, 2.05) is 45.2 Å². The number of nitrogens with one attached hydrogen (secondary N) is 1. The molecule has 1 atom stereocenters. The number of anilines is 1. The summed E-state index contributed by atoms with van der Waals surface area (Å²) in [5.41, 5.74) is 8.63. The second kappa shape index (κ2) is 7.36. The van der Waals surface area contributed by atoms with Crippen molar-refractivity contribution in [2.24, 2.45) is 0 Å². The topological polar surface area (TPSA) is 65.8 Å². The Labute approximate surface area is 160 Å². The fourth-order valence-electron chi connectivity index (χ4n) is 4.08. The molecule has 1 aliphatic heterocycles. The molecule has 1 N–H and O–H groups in total. The van der Waals surface area contributed by atoms with Crippen molar-refractivity contribution < 1.29 is 4.79 Å². The van der Waals surface area contributed by atoms with Gasteiger partial charge >= 0.3 is 0 Å². The van der Waals surface area contributed by atoms with Crippen LogP contribution in [0.2, 0.25) is 0 Å². The fraction of sp³-hybridized carbons (Fsp3) is 0.348. The summed E-state index contributed by atoms with van der Waals surface area (Å²) < 4.78 is 0. The van der Waals surface area contributed by atoms with Crippen LogP contribution in [-0.2, 0) is 11.2 Å². The summed E-state index contributed by atoms with van der Waals surface area (Å²) in [6, 6.07) is 8.06. The molecule has 1 aromatic carbocycles. The molecule has 1 unspecified atom stereocenters. The van der Waals surface area contributed by atoms with Gasteiger partial charge in [-0.3, -0.25) is 9.78 Å². The molecule has 3 rings (SSSR count). The van der Waals surface area contributed by atoms with Crippen LogP contribution in [0.3, 0.4) is 0 Å². The molecule has 0 bridgehead atoms. The maximum Gasteiger partial charge on any atom is 0.158 e. The maximum atomic E-state index is 12.6. The largest absolute Gasteiger partial charge is 0.358 e. The molecule has 2 aromatic rings. The van der Waals surface area contributed by atoms with Crippen molar-refractivity contribution >= 4 is 11.5 Å². The Morgan fingerprint density at radius 2 is 2.04 bits per heavy atom. The highest BCUT2D eigenvalue weighted by atomic mass is 16.1. The number of Topliss-reactive ketones (excluding diaryl/α,β-unsaturated/α-hetero) is 1. The summed E-state index contributed by atoms with van der Waals surface area (Å²) in [5.74, 6) is -0.108. The number of fused-ring (bicyclic) bond motifs is 1. The standard InChI is InChI=1S/C23H25N3O/c1-6-7-18-10-17(11-24)8-9-19(18)22-20(16(5)27)15(4)26-23-13(2)12-25-14(3)21(22)23/h8-10,12,22,26H,6-7H2,1-5H3. The van der Waals surface area contributed by atoms with Crippen molar-refractivity contribution in [1.29, 1.82) is 5.26 Å². The number of hydrogen-bond acceptors (Lipinski definition) is 4. The summed E-state index contributed by atoms with van der Waals surface area (Å²) in [6.45, 7) is 9.75. The van der Waals surface area contributed by atoms with E-state index in [0.29, 0.717) is 5.56 Å². The van der Waals surface area contributed by atoms with Gasteiger partial charge < -0.3 is 5.32 Å². The number of nitriles is 1. The van der Waals surface area contributed by atoms with Crippen molar-refractivity contribution in [3.8, 4) is 6.07 Å². The number of aryl methyl sites for hydroxylation is 3. The zero-order chi connectivity index (χ0) is 19.7. The number of aromatic nitrogens is 1. The number of allylic oxidation sites excluding steroid dienone is 2. The third-order valence-corrected chi connectivity index (χ3v) is 5.28. The quantitative estimate of drug-likeness (QED) is 0.839. The molecule has 0 saturated heterocycles. The predicted octanol–water partition coefficient (Wildman–Crippen LogP) is 4.94. The number of carbonyl (C=O) groups excluding carboxylic acids is 1. The van der Waals surface area contributed by atoms with Crippen LogP contribution in [0.25, 0.3) is 0 Å². The molecule has 27 heavy (non-hydrogen) atoms. The van der Waals surface area contributed by atoms with Crippen LogP contribution in [0.4, 0.5) is 5.69 Å². The van der Waals surface area contributed by atoms with E-state index >= 15 is 0 Å². The highest BCUT2D eigenvalue weighted by molar-refractivity contribution is 5.99.